The van der Waals surface area contributed by atoms with E-state index in [0.29, 0.717) is 13.0 Å². The van der Waals surface area contributed by atoms with E-state index >= 15 is 0 Å². The maximum atomic E-state index is 12.3. The number of nitrogens with one attached hydrogen (secondary N) is 2. The molecule has 1 aliphatic rings. The van der Waals surface area contributed by atoms with Gasteiger partial charge in [0, 0.05) is 17.8 Å². The lowest BCUT2D eigenvalue weighted by Crippen LogP contribution is -2.52. The Balaban J connectivity index is 2.01. The fourth-order valence-corrected chi connectivity index (χ4v) is 2.45. The number of anilines is 1. The lowest BCUT2D eigenvalue weighted by molar-refractivity contribution is -0.126. The Morgan fingerprint density at radius 1 is 1.19 bits per heavy atom. The SMILES string of the molecule is CC(C)(C)NC(=O)C1CCCN1C(=O)Nc1ccccc1. The number of nitrogens with zero attached hydrogens (tertiary/aromatic N) is 1. The molecule has 5 heteroatoms. The van der Waals surface area contributed by atoms with Crippen molar-refractivity contribution >= 4 is 17.6 Å². The van der Waals surface area contributed by atoms with Gasteiger partial charge in [0.05, 0.1) is 0 Å². The zero-order valence-corrected chi connectivity index (χ0v) is 12.8. The second-order valence-corrected chi connectivity index (χ2v) is 6.39. The first kappa shape index (κ1) is 15.4. The van der Waals surface area contributed by atoms with E-state index in [-0.39, 0.29) is 23.5 Å². The molecule has 1 fully saturated rings. The summed E-state index contributed by atoms with van der Waals surface area (Å²) in [5.74, 6) is -0.0804. The Bertz CT molecular complexity index is 508. The molecule has 2 rings (SSSR count). The number of rotatable bonds is 2. The molecule has 1 unspecified atom stereocenters. The second kappa shape index (κ2) is 6.16. The van der Waals surface area contributed by atoms with Crippen molar-refractivity contribution in [3.8, 4) is 0 Å². The van der Waals surface area contributed by atoms with Crippen LogP contribution >= 0.6 is 0 Å². The van der Waals surface area contributed by atoms with Crippen molar-refractivity contribution in [2.24, 2.45) is 0 Å². The highest BCUT2D eigenvalue weighted by Gasteiger charge is 2.35. The Hall–Kier alpha value is -2.04. The fraction of sp³-hybridized carbons (Fsp3) is 0.500. The molecule has 3 amide bonds. The summed E-state index contributed by atoms with van der Waals surface area (Å²) in [7, 11) is 0. The fourth-order valence-electron chi connectivity index (χ4n) is 2.45. The molecule has 0 radical (unpaired) electrons. The highest BCUT2D eigenvalue weighted by molar-refractivity contribution is 5.94. The van der Waals surface area contributed by atoms with E-state index in [2.05, 4.69) is 10.6 Å². The molecular weight excluding hydrogens is 266 g/mol. The number of carbonyl (C=O) groups is 2. The molecule has 1 aromatic carbocycles. The molecule has 0 bridgehead atoms. The molecule has 21 heavy (non-hydrogen) atoms. The Labute approximate surface area is 125 Å². The second-order valence-electron chi connectivity index (χ2n) is 6.39. The van der Waals surface area contributed by atoms with Gasteiger partial charge in [0.2, 0.25) is 5.91 Å². The van der Waals surface area contributed by atoms with Crippen LogP contribution in [0, 0.1) is 0 Å². The molecule has 1 atom stereocenters. The quantitative estimate of drug-likeness (QED) is 0.879. The van der Waals surface area contributed by atoms with Gasteiger partial charge in [0.25, 0.3) is 0 Å². The summed E-state index contributed by atoms with van der Waals surface area (Å²) in [4.78, 5) is 26.2. The van der Waals surface area contributed by atoms with Crippen LogP contribution in [-0.2, 0) is 4.79 Å². The van der Waals surface area contributed by atoms with E-state index in [1.165, 1.54) is 0 Å². The van der Waals surface area contributed by atoms with Gasteiger partial charge in [-0.3, -0.25) is 4.79 Å². The van der Waals surface area contributed by atoms with Crippen molar-refractivity contribution in [1.29, 1.82) is 0 Å². The molecule has 2 N–H and O–H groups in total. The average molecular weight is 289 g/mol. The molecule has 5 nitrogen and oxygen atoms in total. The lowest BCUT2D eigenvalue weighted by atomic mass is 10.1. The standard InChI is InChI=1S/C16H23N3O2/c1-16(2,3)18-14(20)13-10-7-11-19(13)15(21)17-12-8-5-4-6-9-12/h4-6,8-9,13H,7,10-11H2,1-3H3,(H,17,21)(H,18,20). The van der Waals surface area contributed by atoms with Gasteiger partial charge in [-0.05, 0) is 45.7 Å². The summed E-state index contributed by atoms with van der Waals surface area (Å²) in [6.07, 6.45) is 1.56. The maximum Gasteiger partial charge on any atom is 0.322 e. The van der Waals surface area contributed by atoms with Crippen molar-refractivity contribution in [2.75, 3.05) is 11.9 Å². The largest absolute Gasteiger partial charge is 0.350 e. The van der Waals surface area contributed by atoms with Crippen LogP contribution < -0.4 is 10.6 Å². The van der Waals surface area contributed by atoms with Crippen LogP contribution in [0.15, 0.2) is 30.3 Å². The molecule has 1 aliphatic heterocycles. The van der Waals surface area contributed by atoms with Gasteiger partial charge in [-0.25, -0.2) is 4.79 Å². The summed E-state index contributed by atoms with van der Waals surface area (Å²) in [5, 5.41) is 5.79. The van der Waals surface area contributed by atoms with Crippen LogP contribution in [0.3, 0.4) is 0 Å². The third-order valence-electron chi connectivity index (χ3n) is 3.34. The average Bonchev–Trinajstić information content (AvgIpc) is 2.87. The van der Waals surface area contributed by atoms with Crippen molar-refractivity contribution in [3.05, 3.63) is 30.3 Å². The van der Waals surface area contributed by atoms with Crippen LogP contribution in [0.1, 0.15) is 33.6 Å². The van der Waals surface area contributed by atoms with Crippen molar-refractivity contribution in [2.45, 2.75) is 45.2 Å². The monoisotopic (exact) mass is 289 g/mol. The Morgan fingerprint density at radius 2 is 1.86 bits per heavy atom. The normalized spacial score (nSPS) is 18.4. The highest BCUT2D eigenvalue weighted by Crippen LogP contribution is 2.20. The zero-order valence-electron chi connectivity index (χ0n) is 12.8. The number of amides is 3. The van der Waals surface area contributed by atoms with E-state index in [4.69, 9.17) is 0 Å². The van der Waals surface area contributed by atoms with Gasteiger partial charge in [0.1, 0.15) is 6.04 Å². The van der Waals surface area contributed by atoms with Crippen LogP contribution in [0.5, 0.6) is 0 Å². The van der Waals surface area contributed by atoms with Crippen molar-refractivity contribution in [1.82, 2.24) is 10.2 Å². The summed E-state index contributed by atoms with van der Waals surface area (Å²) in [6, 6.07) is 8.69. The Morgan fingerprint density at radius 3 is 2.48 bits per heavy atom. The number of para-hydroxylation sites is 1. The molecular formula is C16H23N3O2. The van der Waals surface area contributed by atoms with E-state index in [1.54, 1.807) is 4.90 Å². The third-order valence-corrected chi connectivity index (χ3v) is 3.34. The number of carbonyl (C=O) groups excluding carboxylic acids is 2. The minimum absolute atomic E-state index is 0.0804. The molecule has 0 saturated carbocycles. The predicted octanol–water partition coefficient (Wildman–Crippen LogP) is 2.60. The van der Waals surface area contributed by atoms with E-state index < -0.39 is 0 Å². The minimum Gasteiger partial charge on any atom is -0.350 e. The van der Waals surface area contributed by atoms with Crippen LogP contribution in [-0.4, -0.2) is 35.0 Å². The molecule has 0 aliphatic carbocycles. The molecule has 0 spiro atoms. The summed E-state index contributed by atoms with van der Waals surface area (Å²) in [6.45, 7) is 6.43. The number of urea groups is 1. The maximum absolute atomic E-state index is 12.3. The minimum atomic E-state index is -0.382. The lowest BCUT2D eigenvalue weighted by Gasteiger charge is -2.28. The Kier molecular flexibility index (Phi) is 4.50. The van der Waals surface area contributed by atoms with Crippen molar-refractivity contribution in [3.63, 3.8) is 0 Å². The molecule has 1 aromatic rings. The van der Waals surface area contributed by atoms with E-state index in [1.807, 2.05) is 51.1 Å². The van der Waals surface area contributed by atoms with Gasteiger partial charge < -0.3 is 15.5 Å². The van der Waals surface area contributed by atoms with Gasteiger partial charge in [0.15, 0.2) is 0 Å². The summed E-state index contributed by atoms with van der Waals surface area (Å²) < 4.78 is 0. The van der Waals surface area contributed by atoms with Crippen LogP contribution in [0.4, 0.5) is 10.5 Å². The van der Waals surface area contributed by atoms with E-state index in [9.17, 15) is 9.59 Å². The zero-order chi connectivity index (χ0) is 15.5. The number of likely N-dealkylation sites (tertiary alicyclic amines) is 1. The first-order chi connectivity index (χ1) is 9.87. The van der Waals surface area contributed by atoms with Crippen LogP contribution in [0.25, 0.3) is 0 Å². The highest BCUT2D eigenvalue weighted by atomic mass is 16.2. The number of hydrogen-bond donors (Lipinski definition) is 2. The predicted molar refractivity (Wildman–Crippen MR) is 83.1 cm³/mol. The molecule has 1 heterocycles. The number of hydrogen-bond acceptors (Lipinski definition) is 2. The molecule has 0 aromatic heterocycles. The molecule has 114 valence electrons. The summed E-state index contributed by atoms with van der Waals surface area (Å²) >= 11 is 0. The van der Waals surface area contributed by atoms with Gasteiger partial charge >= 0.3 is 6.03 Å². The number of benzene rings is 1. The van der Waals surface area contributed by atoms with Crippen LogP contribution in [0.2, 0.25) is 0 Å². The molecule has 1 saturated heterocycles. The first-order valence-electron chi connectivity index (χ1n) is 7.31. The van der Waals surface area contributed by atoms with Gasteiger partial charge in [-0.2, -0.15) is 0 Å². The van der Waals surface area contributed by atoms with Crippen molar-refractivity contribution < 1.29 is 9.59 Å². The van der Waals surface area contributed by atoms with Gasteiger partial charge in [-0.1, -0.05) is 18.2 Å². The third kappa shape index (κ3) is 4.21. The smallest absolute Gasteiger partial charge is 0.322 e. The van der Waals surface area contributed by atoms with E-state index in [0.717, 1.165) is 12.1 Å². The topological polar surface area (TPSA) is 61.4 Å². The summed E-state index contributed by atoms with van der Waals surface area (Å²) in [5.41, 5.74) is 0.450. The van der Waals surface area contributed by atoms with Gasteiger partial charge in [-0.15, -0.1) is 0 Å². The first-order valence-corrected chi connectivity index (χ1v) is 7.31.